The number of hydrogen-bond donors (Lipinski definition) is 0. The molecule has 0 saturated carbocycles. The second-order valence-electron chi connectivity index (χ2n) is 3.61. The van der Waals surface area contributed by atoms with Crippen LogP contribution in [-0.2, 0) is 13.0 Å². The van der Waals surface area contributed by atoms with Gasteiger partial charge in [0.25, 0.3) is 0 Å². The molecule has 3 heteroatoms. The first-order chi connectivity index (χ1) is 6.18. The second kappa shape index (κ2) is 3.24. The molecule has 0 N–H and O–H groups in total. The molecule has 70 valence electrons. The van der Waals surface area contributed by atoms with E-state index in [0.717, 1.165) is 24.4 Å². The fourth-order valence-corrected chi connectivity index (χ4v) is 2.81. The minimum atomic E-state index is 0.218. The molecule has 0 aromatic carbocycles. The number of nitrogens with zero attached hydrogens (tertiary/aromatic N) is 1. The smallest absolute Gasteiger partial charge is 0.170 e. The average molecular weight is 195 g/mol. The normalized spacial score (nSPS) is 17.1. The van der Waals surface area contributed by atoms with Crippen molar-refractivity contribution in [3.63, 3.8) is 0 Å². The molecular formula is C10H13NOS. The highest BCUT2D eigenvalue weighted by atomic mass is 32.1. The van der Waals surface area contributed by atoms with Gasteiger partial charge in [-0.1, -0.05) is 0 Å². The van der Waals surface area contributed by atoms with Gasteiger partial charge in [0, 0.05) is 13.1 Å². The number of rotatable bonds is 1. The molecule has 1 aliphatic rings. The molecule has 1 aromatic rings. The first kappa shape index (κ1) is 8.91. The van der Waals surface area contributed by atoms with Crippen molar-refractivity contribution in [1.29, 1.82) is 0 Å². The minimum absolute atomic E-state index is 0.218. The van der Waals surface area contributed by atoms with Crippen molar-refractivity contribution >= 4 is 17.1 Å². The molecule has 0 aliphatic carbocycles. The van der Waals surface area contributed by atoms with Gasteiger partial charge in [-0.25, -0.2) is 0 Å². The summed E-state index contributed by atoms with van der Waals surface area (Å²) < 4.78 is 0. The van der Waals surface area contributed by atoms with Crippen molar-refractivity contribution in [2.75, 3.05) is 13.6 Å². The first-order valence-electron chi connectivity index (χ1n) is 4.47. The molecule has 1 aromatic heterocycles. The van der Waals surface area contributed by atoms with Gasteiger partial charge in [0.15, 0.2) is 5.78 Å². The lowest BCUT2D eigenvalue weighted by molar-refractivity contribution is 0.102. The summed E-state index contributed by atoms with van der Waals surface area (Å²) in [6, 6.07) is 0. The van der Waals surface area contributed by atoms with Gasteiger partial charge in [-0.3, -0.25) is 4.79 Å². The molecule has 0 saturated heterocycles. The third-order valence-electron chi connectivity index (χ3n) is 2.48. The van der Waals surface area contributed by atoms with Crippen molar-refractivity contribution in [3.05, 3.63) is 21.4 Å². The summed E-state index contributed by atoms with van der Waals surface area (Å²) in [5.74, 6) is 0.218. The van der Waals surface area contributed by atoms with E-state index in [-0.39, 0.29) is 5.78 Å². The maximum atomic E-state index is 11.3. The van der Waals surface area contributed by atoms with Crippen molar-refractivity contribution < 1.29 is 4.79 Å². The number of hydrogen-bond acceptors (Lipinski definition) is 3. The van der Waals surface area contributed by atoms with Gasteiger partial charge in [0.1, 0.15) is 0 Å². The van der Waals surface area contributed by atoms with E-state index in [0.29, 0.717) is 0 Å². The highest BCUT2D eigenvalue weighted by Gasteiger charge is 2.19. The average Bonchev–Trinajstić information content (AvgIpc) is 2.46. The van der Waals surface area contributed by atoms with Crippen molar-refractivity contribution in [2.24, 2.45) is 0 Å². The van der Waals surface area contributed by atoms with E-state index in [1.807, 2.05) is 0 Å². The Labute approximate surface area is 82.2 Å². The van der Waals surface area contributed by atoms with E-state index in [2.05, 4.69) is 17.3 Å². The van der Waals surface area contributed by atoms with Crippen molar-refractivity contribution in [2.45, 2.75) is 19.9 Å². The van der Waals surface area contributed by atoms with E-state index in [4.69, 9.17) is 0 Å². The Morgan fingerprint density at radius 3 is 3.08 bits per heavy atom. The molecule has 2 nitrogen and oxygen atoms in total. The molecule has 1 aliphatic heterocycles. The Hall–Kier alpha value is -0.670. The summed E-state index contributed by atoms with van der Waals surface area (Å²) >= 11 is 1.60. The van der Waals surface area contributed by atoms with Crippen LogP contribution in [0.25, 0.3) is 0 Å². The van der Waals surface area contributed by atoms with Crippen molar-refractivity contribution in [1.82, 2.24) is 4.90 Å². The molecule has 2 rings (SSSR count). The van der Waals surface area contributed by atoms with E-state index < -0.39 is 0 Å². The van der Waals surface area contributed by atoms with Crippen LogP contribution in [0.3, 0.4) is 0 Å². The number of fused-ring (bicyclic) bond motifs is 1. The van der Waals surface area contributed by atoms with E-state index in [1.54, 1.807) is 18.3 Å². The zero-order valence-corrected chi connectivity index (χ0v) is 8.78. The summed E-state index contributed by atoms with van der Waals surface area (Å²) in [6.45, 7) is 3.73. The lowest BCUT2D eigenvalue weighted by Crippen LogP contribution is -2.26. The Kier molecular flexibility index (Phi) is 2.22. The van der Waals surface area contributed by atoms with Gasteiger partial charge in [0.05, 0.1) is 4.88 Å². The Morgan fingerprint density at radius 2 is 2.38 bits per heavy atom. The van der Waals surface area contributed by atoms with E-state index in [9.17, 15) is 4.79 Å². The standard InChI is InChI=1S/C10H13NOS/c1-7(12)10-9-3-4-11(2)5-8(9)6-13-10/h6H,3-5H2,1-2H3. The van der Waals surface area contributed by atoms with Crippen LogP contribution in [0, 0.1) is 0 Å². The van der Waals surface area contributed by atoms with Gasteiger partial charge < -0.3 is 4.90 Å². The minimum Gasteiger partial charge on any atom is -0.302 e. The highest BCUT2D eigenvalue weighted by Crippen LogP contribution is 2.27. The molecule has 0 spiro atoms. The van der Waals surface area contributed by atoms with Crippen LogP contribution in [0.2, 0.25) is 0 Å². The van der Waals surface area contributed by atoms with Crippen LogP contribution < -0.4 is 0 Å². The van der Waals surface area contributed by atoms with Gasteiger partial charge in [-0.2, -0.15) is 0 Å². The fraction of sp³-hybridized carbons (Fsp3) is 0.500. The Morgan fingerprint density at radius 1 is 1.62 bits per heavy atom. The predicted molar refractivity (Wildman–Crippen MR) is 54.4 cm³/mol. The Balaban J connectivity index is 2.39. The molecule has 2 heterocycles. The number of ketones is 1. The molecule has 0 radical (unpaired) electrons. The number of likely N-dealkylation sites (N-methyl/N-ethyl adjacent to an activating group) is 1. The molecule has 13 heavy (non-hydrogen) atoms. The van der Waals surface area contributed by atoms with Crippen LogP contribution in [0.4, 0.5) is 0 Å². The third-order valence-corrected chi connectivity index (χ3v) is 3.66. The molecule has 0 atom stereocenters. The first-order valence-corrected chi connectivity index (χ1v) is 5.35. The zero-order chi connectivity index (χ0) is 9.42. The third kappa shape index (κ3) is 1.54. The monoisotopic (exact) mass is 195 g/mol. The maximum absolute atomic E-state index is 11.3. The highest BCUT2D eigenvalue weighted by molar-refractivity contribution is 7.12. The van der Waals surface area contributed by atoms with Gasteiger partial charge in [-0.05, 0) is 36.9 Å². The number of Topliss-reactive ketones (excluding diaryl/α,β-unsaturated/α-hetero) is 1. The number of carbonyl (C=O) groups excluding carboxylic acids is 1. The van der Waals surface area contributed by atoms with Crippen LogP contribution in [0.15, 0.2) is 5.38 Å². The topological polar surface area (TPSA) is 20.3 Å². The summed E-state index contributed by atoms with van der Waals surface area (Å²) in [4.78, 5) is 14.5. The summed E-state index contributed by atoms with van der Waals surface area (Å²) in [5.41, 5.74) is 2.65. The molecule has 0 fully saturated rings. The molecular weight excluding hydrogens is 182 g/mol. The molecule has 0 amide bonds. The van der Waals surface area contributed by atoms with Crippen LogP contribution in [-0.4, -0.2) is 24.3 Å². The van der Waals surface area contributed by atoms with Crippen LogP contribution in [0.1, 0.15) is 27.7 Å². The zero-order valence-electron chi connectivity index (χ0n) is 7.96. The summed E-state index contributed by atoms with van der Waals surface area (Å²) in [7, 11) is 2.12. The quantitative estimate of drug-likeness (QED) is 0.638. The second-order valence-corrected chi connectivity index (χ2v) is 4.49. The SMILES string of the molecule is CC(=O)c1scc2c1CCN(C)C2. The number of thiophene rings is 1. The van der Waals surface area contributed by atoms with Crippen LogP contribution in [0.5, 0.6) is 0 Å². The van der Waals surface area contributed by atoms with Gasteiger partial charge >= 0.3 is 0 Å². The van der Waals surface area contributed by atoms with Gasteiger partial charge in [0.2, 0.25) is 0 Å². The van der Waals surface area contributed by atoms with Gasteiger partial charge in [-0.15, -0.1) is 11.3 Å². The fourth-order valence-electron chi connectivity index (χ4n) is 1.79. The number of carbonyl (C=O) groups is 1. The van der Waals surface area contributed by atoms with Crippen LogP contribution >= 0.6 is 11.3 Å². The van der Waals surface area contributed by atoms with E-state index in [1.165, 1.54) is 11.1 Å². The predicted octanol–water partition coefficient (Wildman–Crippen LogP) is 1.94. The van der Waals surface area contributed by atoms with Crippen molar-refractivity contribution in [3.8, 4) is 0 Å². The lowest BCUT2D eigenvalue weighted by atomic mass is 10.0. The van der Waals surface area contributed by atoms with E-state index >= 15 is 0 Å². The maximum Gasteiger partial charge on any atom is 0.170 e. The summed E-state index contributed by atoms with van der Waals surface area (Å²) in [5, 5.41) is 2.13. The summed E-state index contributed by atoms with van der Waals surface area (Å²) in [6.07, 6.45) is 1.03. The largest absolute Gasteiger partial charge is 0.302 e. The molecule has 0 bridgehead atoms. The molecule has 0 unspecified atom stereocenters. The Bertz CT molecular complexity index is 343. The lowest BCUT2D eigenvalue weighted by Gasteiger charge is -2.22.